The second-order valence-corrected chi connectivity index (χ2v) is 2.43. The summed E-state index contributed by atoms with van der Waals surface area (Å²) in [5.41, 5.74) is -0.472. The summed E-state index contributed by atoms with van der Waals surface area (Å²) in [5.74, 6) is -1.41. The lowest BCUT2D eigenvalue weighted by atomic mass is 10.2. The first-order chi connectivity index (χ1) is 5.66. The molecule has 0 amide bonds. The van der Waals surface area contributed by atoms with Gasteiger partial charge in [-0.3, -0.25) is 4.79 Å². The summed E-state index contributed by atoms with van der Waals surface area (Å²) in [4.78, 5) is 10.9. The van der Waals surface area contributed by atoms with Crippen molar-refractivity contribution in [2.45, 2.75) is 13.3 Å². The molecule has 2 nitrogen and oxygen atoms in total. The van der Waals surface area contributed by atoms with E-state index in [1.54, 1.807) is 6.92 Å². The van der Waals surface area contributed by atoms with Crippen molar-refractivity contribution >= 4 is 0 Å². The van der Waals surface area contributed by atoms with Crippen molar-refractivity contribution in [1.29, 1.82) is 0 Å². The molecule has 0 saturated heterocycles. The van der Waals surface area contributed by atoms with E-state index >= 15 is 0 Å². The van der Waals surface area contributed by atoms with Crippen LogP contribution in [0.4, 0.5) is 4.39 Å². The van der Waals surface area contributed by atoms with E-state index in [1.165, 1.54) is 12.1 Å². The highest BCUT2D eigenvalue weighted by Gasteiger charge is 2.04. The summed E-state index contributed by atoms with van der Waals surface area (Å²) in [6, 6.07) is 3.98. The molecule has 0 aliphatic heterocycles. The number of aryl methyl sites for hydroxylation is 1. The number of hydrogen-bond acceptors (Lipinski definition) is 2. The third-order valence-corrected chi connectivity index (χ3v) is 1.66. The van der Waals surface area contributed by atoms with Crippen molar-refractivity contribution in [1.82, 2.24) is 0 Å². The molecule has 0 aromatic heterocycles. The fourth-order valence-corrected chi connectivity index (χ4v) is 0.948. The van der Waals surface area contributed by atoms with Crippen LogP contribution in [0, 0.1) is 5.82 Å². The SMILES string of the molecule is CCc1cccc(F)c(=O)c1O. The van der Waals surface area contributed by atoms with Crippen molar-refractivity contribution in [3.63, 3.8) is 0 Å². The fraction of sp³-hybridized carbons (Fsp3) is 0.222. The number of hydrogen-bond donors (Lipinski definition) is 1. The minimum atomic E-state index is -0.933. The first-order valence-electron chi connectivity index (χ1n) is 3.67. The highest BCUT2D eigenvalue weighted by molar-refractivity contribution is 5.31. The van der Waals surface area contributed by atoms with Crippen LogP contribution in [-0.4, -0.2) is 5.11 Å². The first kappa shape index (κ1) is 8.71. The quantitative estimate of drug-likeness (QED) is 0.689. The van der Waals surface area contributed by atoms with Gasteiger partial charge in [-0.15, -0.1) is 0 Å². The highest BCUT2D eigenvalue weighted by atomic mass is 19.1. The normalized spacial score (nSPS) is 9.83. The molecule has 0 unspecified atom stereocenters. The summed E-state index contributed by atoms with van der Waals surface area (Å²) in [6.07, 6.45) is 0.509. The predicted molar refractivity (Wildman–Crippen MR) is 43.7 cm³/mol. The lowest BCUT2D eigenvalue weighted by Gasteiger charge is -1.92. The Kier molecular flexibility index (Phi) is 2.43. The third-order valence-electron chi connectivity index (χ3n) is 1.66. The van der Waals surface area contributed by atoms with E-state index in [0.29, 0.717) is 12.0 Å². The van der Waals surface area contributed by atoms with E-state index in [0.717, 1.165) is 6.07 Å². The Morgan fingerprint density at radius 1 is 1.50 bits per heavy atom. The van der Waals surface area contributed by atoms with Crippen LogP contribution in [0.5, 0.6) is 5.75 Å². The van der Waals surface area contributed by atoms with Gasteiger partial charge in [0.2, 0.25) is 0 Å². The standard InChI is InChI=1S/C9H9FO2/c1-2-6-4-3-5-7(10)9(12)8(6)11/h3-5H,2H2,1H3,(H,11,12). The maximum Gasteiger partial charge on any atom is 0.255 e. The van der Waals surface area contributed by atoms with Crippen LogP contribution < -0.4 is 5.43 Å². The van der Waals surface area contributed by atoms with Crippen LogP contribution in [0.25, 0.3) is 0 Å². The second kappa shape index (κ2) is 3.34. The molecular formula is C9H9FO2. The molecule has 1 aromatic carbocycles. The van der Waals surface area contributed by atoms with Gasteiger partial charge < -0.3 is 5.11 Å². The van der Waals surface area contributed by atoms with Crippen LogP contribution in [0.15, 0.2) is 23.0 Å². The fourth-order valence-electron chi connectivity index (χ4n) is 0.948. The Morgan fingerprint density at radius 2 is 2.17 bits per heavy atom. The smallest absolute Gasteiger partial charge is 0.255 e. The molecule has 1 aromatic rings. The van der Waals surface area contributed by atoms with Gasteiger partial charge in [-0.1, -0.05) is 19.1 Å². The van der Waals surface area contributed by atoms with Gasteiger partial charge in [0.25, 0.3) is 5.43 Å². The Bertz CT molecular complexity index is 347. The average Bonchev–Trinajstić information content (AvgIpc) is 2.19. The van der Waals surface area contributed by atoms with Gasteiger partial charge in [0.05, 0.1) is 0 Å². The van der Waals surface area contributed by atoms with Gasteiger partial charge in [0.1, 0.15) is 0 Å². The summed E-state index contributed by atoms with van der Waals surface area (Å²) in [6.45, 7) is 1.78. The molecule has 12 heavy (non-hydrogen) atoms. The molecule has 0 radical (unpaired) electrons. The molecule has 1 N–H and O–H groups in total. The monoisotopic (exact) mass is 168 g/mol. The van der Waals surface area contributed by atoms with Crippen LogP contribution in [0.1, 0.15) is 12.5 Å². The molecule has 0 spiro atoms. The van der Waals surface area contributed by atoms with Gasteiger partial charge in [0, 0.05) is 0 Å². The molecule has 0 fully saturated rings. The molecule has 0 atom stereocenters. The van der Waals surface area contributed by atoms with Gasteiger partial charge in [-0.2, -0.15) is 0 Å². The van der Waals surface area contributed by atoms with Crippen molar-refractivity contribution in [3.8, 4) is 5.75 Å². The zero-order valence-corrected chi connectivity index (χ0v) is 6.67. The molecule has 64 valence electrons. The van der Waals surface area contributed by atoms with Crippen LogP contribution in [0.3, 0.4) is 0 Å². The van der Waals surface area contributed by atoms with Crippen LogP contribution >= 0.6 is 0 Å². The van der Waals surface area contributed by atoms with E-state index in [4.69, 9.17) is 0 Å². The average molecular weight is 168 g/mol. The number of rotatable bonds is 1. The minimum absolute atomic E-state index is 0.462. The maximum atomic E-state index is 12.7. The topological polar surface area (TPSA) is 37.3 Å². The van der Waals surface area contributed by atoms with Gasteiger partial charge in [-0.25, -0.2) is 4.39 Å². The second-order valence-electron chi connectivity index (χ2n) is 2.43. The molecule has 0 heterocycles. The molecule has 0 saturated carbocycles. The van der Waals surface area contributed by atoms with Crippen molar-refractivity contribution < 1.29 is 9.50 Å². The number of halogens is 1. The van der Waals surface area contributed by atoms with Crippen LogP contribution in [0.2, 0.25) is 0 Å². The number of aromatic hydroxyl groups is 1. The first-order valence-corrected chi connectivity index (χ1v) is 3.67. The van der Waals surface area contributed by atoms with E-state index in [9.17, 15) is 14.3 Å². The molecule has 0 aliphatic carbocycles. The van der Waals surface area contributed by atoms with Gasteiger partial charge in [-0.05, 0) is 18.1 Å². The summed E-state index contributed by atoms with van der Waals surface area (Å²) < 4.78 is 12.7. The summed E-state index contributed by atoms with van der Waals surface area (Å²) in [5, 5.41) is 9.19. The largest absolute Gasteiger partial charge is 0.504 e. The van der Waals surface area contributed by atoms with E-state index in [1.807, 2.05) is 0 Å². The zero-order valence-electron chi connectivity index (χ0n) is 6.67. The molecule has 0 bridgehead atoms. The van der Waals surface area contributed by atoms with Crippen molar-refractivity contribution in [3.05, 3.63) is 39.8 Å². The lowest BCUT2D eigenvalue weighted by molar-refractivity contribution is 0.458. The highest BCUT2D eigenvalue weighted by Crippen LogP contribution is 2.10. The Labute approximate surface area is 69.3 Å². The lowest BCUT2D eigenvalue weighted by Crippen LogP contribution is -2.02. The van der Waals surface area contributed by atoms with E-state index in [-0.39, 0.29) is 0 Å². The summed E-state index contributed by atoms with van der Waals surface area (Å²) >= 11 is 0. The van der Waals surface area contributed by atoms with Crippen molar-refractivity contribution in [2.24, 2.45) is 0 Å². The molecular weight excluding hydrogens is 159 g/mol. The van der Waals surface area contributed by atoms with Crippen molar-refractivity contribution in [2.75, 3.05) is 0 Å². The minimum Gasteiger partial charge on any atom is -0.504 e. The molecule has 3 heteroatoms. The van der Waals surface area contributed by atoms with Gasteiger partial charge in [0.15, 0.2) is 11.6 Å². The molecule has 1 rings (SSSR count). The predicted octanol–water partition coefficient (Wildman–Crippen LogP) is 1.45. The van der Waals surface area contributed by atoms with Crippen LogP contribution in [-0.2, 0) is 6.42 Å². The summed E-state index contributed by atoms with van der Waals surface area (Å²) in [7, 11) is 0. The molecule has 0 aliphatic rings. The van der Waals surface area contributed by atoms with E-state index in [2.05, 4.69) is 0 Å². The maximum absolute atomic E-state index is 12.7. The third kappa shape index (κ3) is 1.44. The Hall–Kier alpha value is -1.38. The zero-order chi connectivity index (χ0) is 9.14. The Balaban J connectivity index is 3.52. The van der Waals surface area contributed by atoms with Gasteiger partial charge >= 0.3 is 0 Å². The van der Waals surface area contributed by atoms with E-state index < -0.39 is 17.0 Å². The Morgan fingerprint density at radius 3 is 2.75 bits per heavy atom.